The molecule has 0 aliphatic rings. The molecule has 0 fully saturated rings. The van der Waals surface area contributed by atoms with Gasteiger partial charge >= 0.3 is 6.18 Å². The van der Waals surface area contributed by atoms with E-state index >= 15 is 0 Å². The van der Waals surface area contributed by atoms with Crippen molar-refractivity contribution in [3.8, 4) is 11.3 Å². The number of alkyl halides is 3. The molecular formula is C12H10F3N3. The molecule has 0 unspecified atom stereocenters. The van der Waals surface area contributed by atoms with Crippen LogP contribution >= 0.6 is 0 Å². The van der Waals surface area contributed by atoms with E-state index in [1.165, 1.54) is 6.07 Å². The highest BCUT2D eigenvalue weighted by Crippen LogP contribution is 2.29. The van der Waals surface area contributed by atoms with Gasteiger partial charge in [0.2, 0.25) is 0 Å². The second-order valence-electron chi connectivity index (χ2n) is 3.64. The minimum atomic E-state index is -4.36. The van der Waals surface area contributed by atoms with Gasteiger partial charge in [-0.05, 0) is 18.2 Å². The number of nitrogens with one attached hydrogen (secondary N) is 1. The molecule has 0 aliphatic carbocycles. The minimum Gasteiger partial charge on any atom is -0.387 e. The molecule has 3 nitrogen and oxygen atoms in total. The topological polar surface area (TPSA) is 37.8 Å². The molecule has 0 saturated carbocycles. The van der Waals surface area contributed by atoms with Crippen LogP contribution in [0.3, 0.4) is 0 Å². The maximum atomic E-state index is 12.4. The van der Waals surface area contributed by atoms with E-state index in [9.17, 15) is 13.2 Å². The summed E-state index contributed by atoms with van der Waals surface area (Å²) in [5.41, 5.74) is 1.13. The van der Waals surface area contributed by atoms with Gasteiger partial charge in [0.25, 0.3) is 0 Å². The average Bonchev–Trinajstić information content (AvgIpc) is 2.38. The Balaban J connectivity index is 2.34. The molecule has 0 aliphatic heterocycles. The lowest BCUT2D eigenvalue weighted by atomic mass is 10.1. The maximum Gasteiger partial charge on any atom is 0.417 e. The monoisotopic (exact) mass is 253 g/mol. The lowest BCUT2D eigenvalue weighted by Crippen LogP contribution is -2.05. The third kappa shape index (κ3) is 2.58. The summed E-state index contributed by atoms with van der Waals surface area (Å²) < 4.78 is 37.1. The summed E-state index contributed by atoms with van der Waals surface area (Å²) in [6.45, 7) is 0. The molecule has 2 rings (SSSR count). The van der Waals surface area contributed by atoms with Gasteiger partial charge in [-0.15, -0.1) is 0 Å². The van der Waals surface area contributed by atoms with Crippen molar-refractivity contribution in [3.63, 3.8) is 0 Å². The van der Waals surface area contributed by atoms with Crippen LogP contribution in [0.1, 0.15) is 5.56 Å². The fourth-order valence-corrected chi connectivity index (χ4v) is 1.45. The predicted molar refractivity (Wildman–Crippen MR) is 62.0 cm³/mol. The number of halogens is 3. The Kier molecular flexibility index (Phi) is 3.18. The Bertz CT molecular complexity index is 535. The van der Waals surface area contributed by atoms with E-state index in [4.69, 9.17) is 0 Å². The molecule has 0 saturated heterocycles. The molecule has 0 atom stereocenters. The first-order chi connectivity index (χ1) is 8.50. The average molecular weight is 253 g/mol. The van der Waals surface area contributed by atoms with Gasteiger partial charge in [0.1, 0.15) is 0 Å². The quantitative estimate of drug-likeness (QED) is 0.893. The van der Waals surface area contributed by atoms with Crippen LogP contribution in [-0.2, 0) is 6.18 Å². The van der Waals surface area contributed by atoms with Crippen molar-refractivity contribution in [1.82, 2.24) is 9.97 Å². The molecule has 2 aromatic rings. The smallest absolute Gasteiger partial charge is 0.387 e. The van der Waals surface area contributed by atoms with Crippen LogP contribution in [0.25, 0.3) is 11.3 Å². The summed E-state index contributed by atoms with van der Waals surface area (Å²) in [6.07, 6.45) is -0.373. The molecule has 0 bridgehead atoms. The predicted octanol–water partition coefficient (Wildman–Crippen LogP) is 3.20. The van der Waals surface area contributed by atoms with Crippen molar-refractivity contribution in [1.29, 1.82) is 0 Å². The summed E-state index contributed by atoms with van der Waals surface area (Å²) >= 11 is 0. The first-order valence-corrected chi connectivity index (χ1v) is 5.17. The standard InChI is InChI=1S/C12H10F3N3/c1-16-10-4-8(5-17-7-10)11-3-2-9(6-18-11)12(13,14)15/h2-7,16H,1H3. The second kappa shape index (κ2) is 4.64. The minimum absolute atomic E-state index is 0.451. The third-order valence-electron chi connectivity index (χ3n) is 2.41. The van der Waals surface area contributed by atoms with E-state index < -0.39 is 11.7 Å². The summed E-state index contributed by atoms with van der Waals surface area (Å²) in [6, 6.07) is 4.11. The van der Waals surface area contributed by atoms with E-state index in [1.54, 1.807) is 25.5 Å². The first kappa shape index (κ1) is 12.3. The SMILES string of the molecule is CNc1cncc(-c2ccc(C(F)(F)F)cn2)c1. The Morgan fingerprint density at radius 2 is 1.89 bits per heavy atom. The number of anilines is 1. The highest BCUT2D eigenvalue weighted by atomic mass is 19.4. The molecule has 18 heavy (non-hydrogen) atoms. The molecule has 2 heterocycles. The molecule has 1 N–H and O–H groups in total. The van der Waals surface area contributed by atoms with Gasteiger partial charge in [-0.1, -0.05) is 0 Å². The van der Waals surface area contributed by atoms with Crippen molar-refractivity contribution < 1.29 is 13.2 Å². The number of nitrogens with zero attached hydrogens (tertiary/aromatic N) is 2. The molecule has 0 aromatic carbocycles. The van der Waals surface area contributed by atoms with Gasteiger partial charge in [0.15, 0.2) is 0 Å². The number of pyridine rings is 2. The molecular weight excluding hydrogens is 243 g/mol. The zero-order chi connectivity index (χ0) is 13.2. The summed E-state index contributed by atoms with van der Waals surface area (Å²) in [5.74, 6) is 0. The number of rotatable bonds is 2. The van der Waals surface area contributed by atoms with Crippen LogP contribution in [0.4, 0.5) is 18.9 Å². The van der Waals surface area contributed by atoms with Crippen LogP contribution in [-0.4, -0.2) is 17.0 Å². The highest BCUT2D eigenvalue weighted by Gasteiger charge is 2.30. The fraction of sp³-hybridized carbons (Fsp3) is 0.167. The molecule has 0 amide bonds. The van der Waals surface area contributed by atoms with Gasteiger partial charge in [0, 0.05) is 31.2 Å². The third-order valence-corrected chi connectivity index (χ3v) is 2.41. The molecule has 2 aromatic heterocycles. The lowest BCUT2D eigenvalue weighted by Gasteiger charge is -2.07. The van der Waals surface area contributed by atoms with E-state index in [2.05, 4.69) is 15.3 Å². The van der Waals surface area contributed by atoms with E-state index in [0.717, 1.165) is 18.0 Å². The zero-order valence-corrected chi connectivity index (χ0v) is 9.49. The summed E-state index contributed by atoms with van der Waals surface area (Å²) in [7, 11) is 1.74. The van der Waals surface area contributed by atoms with Crippen molar-refractivity contribution in [2.24, 2.45) is 0 Å². The van der Waals surface area contributed by atoms with Crippen LogP contribution in [0.5, 0.6) is 0 Å². The Morgan fingerprint density at radius 1 is 1.11 bits per heavy atom. The Labute approximate surface area is 102 Å². The lowest BCUT2D eigenvalue weighted by molar-refractivity contribution is -0.137. The maximum absolute atomic E-state index is 12.4. The summed E-state index contributed by atoms with van der Waals surface area (Å²) in [4.78, 5) is 7.78. The van der Waals surface area contributed by atoms with E-state index in [1.807, 2.05) is 0 Å². The largest absolute Gasteiger partial charge is 0.417 e. The zero-order valence-electron chi connectivity index (χ0n) is 9.49. The van der Waals surface area contributed by atoms with E-state index in [-0.39, 0.29) is 0 Å². The first-order valence-electron chi connectivity index (χ1n) is 5.17. The van der Waals surface area contributed by atoms with Crippen molar-refractivity contribution >= 4 is 5.69 Å². The van der Waals surface area contributed by atoms with Gasteiger partial charge in [-0.25, -0.2) is 0 Å². The fourth-order valence-electron chi connectivity index (χ4n) is 1.45. The van der Waals surface area contributed by atoms with Gasteiger partial charge in [0.05, 0.1) is 16.9 Å². The summed E-state index contributed by atoms with van der Waals surface area (Å²) in [5, 5.41) is 2.90. The highest BCUT2D eigenvalue weighted by molar-refractivity contribution is 5.63. The molecule has 6 heteroatoms. The Hall–Kier alpha value is -2.11. The van der Waals surface area contributed by atoms with Gasteiger partial charge in [-0.2, -0.15) is 13.2 Å². The van der Waals surface area contributed by atoms with Crippen LogP contribution in [0.15, 0.2) is 36.8 Å². The van der Waals surface area contributed by atoms with Crippen LogP contribution in [0, 0.1) is 0 Å². The van der Waals surface area contributed by atoms with Crippen molar-refractivity contribution in [2.75, 3.05) is 12.4 Å². The van der Waals surface area contributed by atoms with Gasteiger partial charge in [-0.3, -0.25) is 9.97 Å². The van der Waals surface area contributed by atoms with Crippen molar-refractivity contribution in [3.05, 3.63) is 42.4 Å². The number of hydrogen-bond acceptors (Lipinski definition) is 3. The van der Waals surface area contributed by atoms with E-state index in [0.29, 0.717) is 11.3 Å². The second-order valence-corrected chi connectivity index (χ2v) is 3.64. The molecule has 94 valence electrons. The number of hydrogen-bond donors (Lipinski definition) is 1. The van der Waals surface area contributed by atoms with Crippen LogP contribution in [0.2, 0.25) is 0 Å². The normalized spacial score (nSPS) is 11.3. The molecule has 0 radical (unpaired) electrons. The number of aromatic nitrogens is 2. The van der Waals surface area contributed by atoms with Crippen molar-refractivity contribution in [2.45, 2.75) is 6.18 Å². The van der Waals surface area contributed by atoms with Crippen LogP contribution < -0.4 is 5.32 Å². The van der Waals surface area contributed by atoms with Gasteiger partial charge < -0.3 is 5.32 Å². The molecule has 0 spiro atoms. The Morgan fingerprint density at radius 3 is 2.44 bits per heavy atom.